The lowest BCUT2D eigenvalue weighted by Crippen LogP contribution is -2.35. The van der Waals surface area contributed by atoms with E-state index < -0.39 is 10.0 Å². The molecule has 14 heavy (non-hydrogen) atoms. The van der Waals surface area contributed by atoms with Gasteiger partial charge in [-0.05, 0) is 6.92 Å². The lowest BCUT2D eigenvalue weighted by Gasteiger charge is -2.23. The molecule has 2 rings (SSSR count). The third-order valence-corrected chi connectivity index (χ3v) is 3.72. The number of hydrogen-bond acceptors (Lipinski definition) is 4. The lowest BCUT2D eigenvalue weighted by molar-refractivity contribution is 0.385. The molecule has 1 aliphatic rings. The van der Waals surface area contributed by atoms with Gasteiger partial charge in [0.15, 0.2) is 0 Å². The minimum absolute atomic E-state index is 0.392. The van der Waals surface area contributed by atoms with Crippen LogP contribution in [0.2, 0.25) is 0 Å². The number of nitrogens with zero attached hydrogens (tertiary/aromatic N) is 2. The smallest absolute Gasteiger partial charge is 0.211 e. The van der Waals surface area contributed by atoms with Gasteiger partial charge >= 0.3 is 0 Å². The first-order valence-electron chi connectivity index (χ1n) is 4.37. The van der Waals surface area contributed by atoms with Crippen LogP contribution >= 0.6 is 0 Å². The van der Waals surface area contributed by atoms with Crippen molar-refractivity contribution in [3.63, 3.8) is 0 Å². The number of fused-ring (bicyclic) bond motifs is 1. The second kappa shape index (κ2) is 3.06. The molecule has 0 aliphatic carbocycles. The van der Waals surface area contributed by atoms with Crippen molar-refractivity contribution >= 4 is 10.0 Å². The minimum Gasteiger partial charge on any atom is -0.361 e. The molecule has 0 aromatic carbocycles. The maximum atomic E-state index is 11.3. The zero-order valence-corrected chi connectivity index (χ0v) is 8.97. The molecule has 0 bridgehead atoms. The predicted molar refractivity (Wildman–Crippen MR) is 50.2 cm³/mol. The number of rotatable bonds is 1. The van der Waals surface area contributed by atoms with Gasteiger partial charge in [-0.2, -0.15) is 4.31 Å². The molecule has 0 unspecified atom stereocenters. The Morgan fingerprint density at radius 2 is 2.21 bits per heavy atom. The largest absolute Gasteiger partial charge is 0.361 e. The van der Waals surface area contributed by atoms with Crippen LogP contribution in [0.1, 0.15) is 17.0 Å². The number of sulfonamides is 1. The average molecular weight is 216 g/mol. The van der Waals surface area contributed by atoms with Crippen LogP contribution in [-0.2, 0) is 23.0 Å². The molecule has 6 heteroatoms. The molecule has 0 saturated heterocycles. The quantitative estimate of drug-likeness (QED) is 0.677. The second-order valence-electron chi connectivity index (χ2n) is 3.51. The topological polar surface area (TPSA) is 63.4 Å². The van der Waals surface area contributed by atoms with Crippen LogP contribution in [0.4, 0.5) is 0 Å². The second-order valence-corrected chi connectivity index (χ2v) is 5.49. The third-order valence-electron chi connectivity index (χ3n) is 2.47. The first-order chi connectivity index (χ1) is 6.48. The van der Waals surface area contributed by atoms with E-state index in [0.29, 0.717) is 25.3 Å². The molecule has 0 radical (unpaired) electrons. The average Bonchev–Trinajstić information content (AvgIpc) is 2.46. The summed E-state index contributed by atoms with van der Waals surface area (Å²) >= 11 is 0. The highest BCUT2D eigenvalue weighted by Crippen LogP contribution is 2.22. The van der Waals surface area contributed by atoms with E-state index in [1.54, 1.807) is 6.92 Å². The Morgan fingerprint density at radius 1 is 1.50 bits per heavy atom. The van der Waals surface area contributed by atoms with Crippen LogP contribution in [0.25, 0.3) is 0 Å². The Kier molecular flexibility index (Phi) is 2.11. The molecule has 78 valence electrons. The molecule has 0 atom stereocenters. The van der Waals surface area contributed by atoms with E-state index >= 15 is 0 Å². The summed E-state index contributed by atoms with van der Waals surface area (Å²) in [6, 6.07) is 0. The van der Waals surface area contributed by atoms with Crippen molar-refractivity contribution in [1.82, 2.24) is 9.46 Å². The molecule has 0 N–H and O–H groups in total. The number of hydrogen-bond donors (Lipinski definition) is 0. The molecule has 0 saturated carbocycles. The molecule has 0 amide bonds. The molecule has 0 fully saturated rings. The maximum Gasteiger partial charge on any atom is 0.211 e. The Morgan fingerprint density at radius 3 is 2.86 bits per heavy atom. The van der Waals surface area contributed by atoms with Gasteiger partial charge in [-0.15, -0.1) is 0 Å². The summed E-state index contributed by atoms with van der Waals surface area (Å²) in [6.45, 7) is 2.69. The van der Waals surface area contributed by atoms with E-state index in [0.717, 1.165) is 11.3 Å². The molecule has 1 aromatic heterocycles. The van der Waals surface area contributed by atoms with Crippen LogP contribution < -0.4 is 0 Å². The fourth-order valence-corrected chi connectivity index (χ4v) is 2.39. The van der Waals surface area contributed by atoms with Crippen LogP contribution in [0.15, 0.2) is 4.52 Å². The van der Waals surface area contributed by atoms with Crippen molar-refractivity contribution < 1.29 is 12.9 Å². The molecule has 0 spiro atoms. The van der Waals surface area contributed by atoms with Crippen LogP contribution in [0.5, 0.6) is 0 Å². The van der Waals surface area contributed by atoms with Gasteiger partial charge in [0, 0.05) is 25.1 Å². The van der Waals surface area contributed by atoms with Gasteiger partial charge in [-0.25, -0.2) is 8.42 Å². The fraction of sp³-hybridized carbons (Fsp3) is 0.625. The van der Waals surface area contributed by atoms with Gasteiger partial charge in [0.2, 0.25) is 10.0 Å². The highest BCUT2D eigenvalue weighted by Gasteiger charge is 2.26. The van der Waals surface area contributed by atoms with Gasteiger partial charge in [-0.3, -0.25) is 0 Å². The maximum absolute atomic E-state index is 11.3. The Hall–Kier alpha value is -0.880. The predicted octanol–water partition coefficient (Wildman–Crippen LogP) is 0.301. The van der Waals surface area contributed by atoms with Crippen molar-refractivity contribution in [2.45, 2.75) is 19.9 Å². The van der Waals surface area contributed by atoms with E-state index in [2.05, 4.69) is 5.16 Å². The van der Waals surface area contributed by atoms with Crippen molar-refractivity contribution in [3.05, 3.63) is 17.0 Å². The Labute approximate surface area is 82.7 Å². The molecular formula is C8H12N2O3S. The van der Waals surface area contributed by atoms with E-state index in [1.165, 1.54) is 10.6 Å². The first kappa shape index (κ1) is 9.67. The van der Waals surface area contributed by atoms with Gasteiger partial charge in [-0.1, -0.05) is 5.16 Å². The third kappa shape index (κ3) is 1.55. The van der Waals surface area contributed by atoms with Gasteiger partial charge in [0.25, 0.3) is 0 Å². The molecule has 1 aromatic rings. The minimum atomic E-state index is -3.10. The summed E-state index contributed by atoms with van der Waals surface area (Å²) in [5.41, 5.74) is 1.81. The normalized spacial score (nSPS) is 18.1. The van der Waals surface area contributed by atoms with E-state index in [-0.39, 0.29) is 0 Å². The Bertz CT molecular complexity index is 449. The highest BCUT2D eigenvalue weighted by atomic mass is 32.2. The van der Waals surface area contributed by atoms with Crippen LogP contribution in [-0.4, -0.2) is 30.7 Å². The zero-order chi connectivity index (χ0) is 10.3. The fourth-order valence-electron chi connectivity index (χ4n) is 1.61. The Balaban J connectivity index is 2.33. The van der Waals surface area contributed by atoms with Crippen LogP contribution in [0.3, 0.4) is 0 Å². The number of aryl methyl sites for hydroxylation is 1. The summed E-state index contributed by atoms with van der Waals surface area (Å²) in [7, 11) is -3.10. The summed E-state index contributed by atoms with van der Waals surface area (Å²) in [4.78, 5) is 0. The monoisotopic (exact) mass is 216 g/mol. The molecule has 1 aliphatic heterocycles. The molecular weight excluding hydrogens is 204 g/mol. The van der Waals surface area contributed by atoms with Crippen molar-refractivity contribution in [2.24, 2.45) is 0 Å². The van der Waals surface area contributed by atoms with Gasteiger partial charge in [0.1, 0.15) is 5.76 Å². The highest BCUT2D eigenvalue weighted by molar-refractivity contribution is 7.88. The SMILES string of the molecule is Cc1onc2c1CN(S(C)(=O)=O)CC2. The van der Waals surface area contributed by atoms with Crippen molar-refractivity contribution in [1.29, 1.82) is 0 Å². The van der Waals surface area contributed by atoms with Gasteiger partial charge < -0.3 is 4.52 Å². The summed E-state index contributed by atoms with van der Waals surface area (Å²) in [5, 5.41) is 3.88. The van der Waals surface area contributed by atoms with Gasteiger partial charge in [0.05, 0.1) is 11.9 Å². The number of aromatic nitrogens is 1. The van der Waals surface area contributed by atoms with E-state index in [1.807, 2.05) is 0 Å². The lowest BCUT2D eigenvalue weighted by atomic mass is 10.1. The van der Waals surface area contributed by atoms with E-state index in [9.17, 15) is 8.42 Å². The standard InChI is InChI=1S/C8H12N2O3S/c1-6-7-5-10(14(2,11)12)4-3-8(7)9-13-6/h3-5H2,1-2H3. The summed E-state index contributed by atoms with van der Waals surface area (Å²) in [6.07, 6.45) is 1.86. The van der Waals surface area contributed by atoms with Crippen molar-refractivity contribution in [2.75, 3.05) is 12.8 Å². The first-order valence-corrected chi connectivity index (χ1v) is 6.22. The van der Waals surface area contributed by atoms with Crippen LogP contribution in [0, 0.1) is 6.92 Å². The van der Waals surface area contributed by atoms with E-state index in [4.69, 9.17) is 4.52 Å². The molecule has 5 nitrogen and oxygen atoms in total. The summed E-state index contributed by atoms with van der Waals surface area (Å²) in [5.74, 6) is 0.716. The van der Waals surface area contributed by atoms with Crippen molar-refractivity contribution in [3.8, 4) is 0 Å². The summed E-state index contributed by atoms with van der Waals surface area (Å²) < 4.78 is 29.1. The molecule has 2 heterocycles. The zero-order valence-electron chi connectivity index (χ0n) is 8.15.